The quantitative estimate of drug-likeness (QED) is 0.598. The van der Waals surface area contributed by atoms with Gasteiger partial charge in [0.05, 0.1) is 11.6 Å². The maximum absolute atomic E-state index is 12.6. The third-order valence-electron chi connectivity index (χ3n) is 2.72. The minimum absolute atomic E-state index is 0.00332. The van der Waals surface area contributed by atoms with Crippen LogP contribution < -0.4 is 4.74 Å². The summed E-state index contributed by atoms with van der Waals surface area (Å²) in [5, 5.41) is 10.9. The molecule has 0 aliphatic rings. The van der Waals surface area contributed by atoms with Gasteiger partial charge in [0.15, 0.2) is 0 Å². The number of nitrogens with zero attached hydrogens (tertiary/aromatic N) is 3. The summed E-state index contributed by atoms with van der Waals surface area (Å²) in [6.07, 6.45) is 0.906. The van der Waals surface area contributed by atoms with E-state index in [0.717, 1.165) is 6.20 Å². The molecule has 1 aromatic heterocycles. The van der Waals surface area contributed by atoms with Crippen LogP contribution >= 0.6 is 15.9 Å². The molecule has 0 saturated heterocycles. The van der Waals surface area contributed by atoms with Gasteiger partial charge in [-0.2, -0.15) is 8.42 Å². The lowest BCUT2D eigenvalue weighted by molar-refractivity contribution is -0.390. The van der Waals surface area contributed by atoms with Crippen molar-refractivity contribution in [2.24, 2.45) is 0 Å². The monoisotopic (exact) mass is 375 g/mol. The van der Waals surface area contributed by atoms with E-state index in [9.17, 15) is 18.5 Å². The van der Waals surface area contributed by atoms with Gasteiger partial charge in [0.2, 0.25) is 5.82 Å². The maximum Gasteiger partial charge on any atom is 0.358 e. The van der Waals surface area contributed by atoms with E-state index >= 15 is 0 Å². The molecule has 0 atom stereocenters. The van der Waals surface area contributed by atoms with Crippen molar-refractivity contribution >= 4 is 31.8 Å². The first-order valence-corrected chi connectivity index (χ1v) is 7.80. The third-order valence-corrected chi connectivity index (χ3v) is 5.15. The Kier molecular flexibility index (Phi) is 4.01. The molecule has 2 rings (SSSR count). The summed E-state index contributed by atoms with van der Waals surface area (Å²) in [5.41, 5.74) is 0. The highest BCUT2D eigenvalue weighted by Gasteiger charge is 2.32. The maximum atomic E-state index is 12.6. The standard InChI is InChI=1S/C11H10BrN3O5S/c1-7-13-6-11(15(16)17)14(7)21(18,19)8-3-4-9(12)10(5-8)20-2/h3-6H,1-2H3. The molecule has 0 amide bonds. The number of hydrogen-bond acceptors (Lipinski definition) is 6. The molecule has 0 aliphatic carbocycles. The molecule has 2 aromatic rings. The summed E-state index contributed by atoms with van der Waals surface area (Å²) in [6.45, 7) is 1.38. The Labute approximate surface area is 128 Å². The molecule has 0 radical (unpaired) electrons. The number of aromatic nitrogens is 2. The summed E-state index contributed by atoms with van der Waals surface area (Å²) < 4.78 is 31.3. The molecule has 1 heterocycles. The topological polar surface area (TPSA) is 104 Å². The van der Waals surface area contributed by atoms with Crippen molar-refractivity contribution < 1.29 is 18.1 Å². The van der Waals surface area contributed by atoms with E-state index in [4.69, 9.17) is 4.74 Å². The first kappa shape index (κ1) is 15.4. The third kappa shape index (κ3) is 2.63. The molecule has 0 saturated carbocycles. The molecule has 10 heteroatoms. The second-order valence-corrected chi connectivity index (χ2v) is 6.63. The zero-order valence-electron chi connectivity index (χ0n) is 11.0. The van der Waals surface area contributed by atoms with Crippen LogP contribution in [0.5, 0.6) is 5.75 Å². The van der Waals surface area contributed by atoms with Crippen LogP contribution in [-0.4, -0.2) is 29.4 Å². The first-order chi connectivity index (χ1) is 9.78. The highest BCUT2D eigenvalue weighted by atomic mass is 79.9. The Morgan fingerprint density at radius 3 is 2.67 bits per heavy atom. The average Bonchev–Trinajstić information content (AvgIpc) is 2.81. The summed E-state index contributed by atoms with van der Waals surface area (Å²) in [4.78, 5) is 13.7. The first-order valence-electron chi connectivity index (χ1n) is 5.57. The van der Waals surface area contributed by atoms with E-state index in [1.54, 1.807) is 0 Å². The lowest BCUT2D eigenvalue weighted by Crippen LogP contribution is -2.16. The van der Waals surface area contributed by atoms with Gasteiger partial charge in [-0.3, -0.25) is 0 Å². The number of aryl methyl sites for hydroxylation is 1. The van der Waals surface area contributed by atoms with Crippen molar-refractivity contribution in [1.82, 2.24) is 8.96 Å². The molecule has 0 N–H and O–H groups in total. The highest BCUT2D eigenvalue weighted by molar-refractivity contribution is 9.10. The lowest BCUT2D eigenvalue weighted by atomic mass is 10.3. The molecular formula is C11H10BrN3O5S. The molecular weight excluding hydrogens is 366 g/mol. The van der Waals surface area contributed by atoms with Gasteiger partial charge >= 0.3 is 15.8 Å². The minimum Gasteiger partial charge on any atom is -0.496 e. The van der Waals surface area contributed by atoms with Crippen molar-refractivity contribution in [2.75, 3.05) is 7.11 Å². The van der Waals surface area contributed by atoms with E-state index in [1.165, 1.54) is 32.2 Å². The predicted octanol–water partition coefficient (Wildman–Crippen LogP) is 2.11. The number of hydrogen-bond donors (Lipinski definition) is 0. The van der Waals surface area contributed by atoms with Crippen LogP contribution in [0.15, 0.2) is 33.8 Å². The zero-order valence-corrected chi connectivity index (χ0v) is 13.4. The number of imidazole rings is 1. The number of benzene rings is 1. The predicted molar refractivity (Wildman–Crippen MR) is 76.9 cm³/mol. The number of nitro groups is 1. The van der Waals surface area contributed by atoms with Gasteiger partial charge in [0.25, 0.3) is 0 Å². The molecule has 1 aromatic carbocycles. The summed E-state index contributed by atoms with van der Waals surface area (Å²) in [7, 11) is -2.75. The summed E-state index contributed by atoms with van der Waals surface area (Å²) in [6, 6.07) is 4.09. The van der Waals surface area contributed by atoms with Gasteiger partial charge in [-0.15, -0.1) is 0 Å². The van der Waals surface area contributed by atoms with Crippen molar-refractivity contribution in [3.05, 3.63) is 44.8 Å². The SMILES string of the molecule is COc1cc(S(=O)(=O)n2c([N+](=O)[O-])cnc2C)ccc1Br. The molecule has 0 bridgehead atoms. The number of ether oxygens (including phenoxy) is 1. The molecule has 0 fully saturated rings. The fourth-order valence-corrected chi connectivity index (χ4v) is 3.62. The van der Waals surface area contributed by atoms with Crippen molar-refractivity contribution in [3.8, 4) is 5.75 Å². The van der Waals surface area contributed by atoms with Gasteiger partial charge in [-0.1, -0.05) is 3.97 Å². The number of halogens is 1. The lowest BCUT2D eigenvalue weighted by Gasteiger charge is -2.07. The van der Waals surface area contributed by atoms with Crippen LogP contribution in [0.3, 0.4) is 0 Å². The molecule has 8 nitrogen and oxygen atoms in total. The van der Waals surface area contributed by atoms with Crippen LogP contribution in [0.1, 0.15) is 5.82 Å². The van der Waals surface area contributed by atoms with E-state index < -0.39 is 20.8 Å². The van der Waals surface area contributed by atoms with E-state index in [2.05, 4.69) is 20.9 Å². The zero-order chi connectivity index (χ0) is 15.8. The van der Waals surface area contributed by atoms with Gasteiger partial charge in [0.1, 0.15) is 16.8 Å². The van der Waals surface area contributed by atoms with Gasteiger partial charge < -0.3 is 14.9 Å². The second kappa shape index (κ2) is 5.45. The summed E-state index contributed by atoms with van der Waals surface area (Å²) >= 11 is 3.21. The molecule has 0 unspecified atom stereocenters. The smallest absolute Gasteiger partial charge is 0.358 e. The fraction of sp³-hybridized carbons (Fsp3) is 0.182. The summed E-state index contributed by atoms with van der Waals surface area (Å²) in [5.74, 6) is -0.311. The number of methoxy groups -OCH3 is 1. The van der Waals surface area contributed by atoms with Crippen molar-refractivity contribution in [3.63, 3.8) is 0 Å². The molecule has 0 aliphatic heterocycles. The molecule has 21 heavy (non-hydrogen) atoms. The fourth-order valence-electron chi connectivity index (χ4n) is 1.75. The Morgan fingerprint density at radius 2 is 2.10 bits per heavy atom. The molecule has 0 spiro atoms. The van der Waals surface area contributed by atoms with Crippen LogP contribution in [0.4, 0.5) is 5.82 Å². The van der Waals surface area contributed by atoms with E-state index in [-0.39, 0.29) is 10.7 Å². The largest absolute Gasteiger partial charge is 0.496 e. The van der Waals surface area contributed by atoms with Crippen LogP contribution in [0.25, 0.3) is 0 Å². The minimum atomic E-state index is -4.14. The Morgan fingerprint density at radius 1 is 1.43 bits per heavy atom. The van der Waals surface area contributed by atoms with E-state index in [1.807, 2.05) is 0 Å². The van der Waals surface area contributed by atoms with Gasteiger partial charge in [-0.05, 0) is 33.0 Å². The van der Waals surface area contributed by atoms with E-state index in [0.29, 0.717) is 14.2 Å². The van der Waals surface area contributed by atoms with Gasteiger partial charge in [0, 0.05) is 13.0 Å². The van der Waals surface area contributed by atoms with Crippen LogP contribution in [0.2, 0.25) is 0 Å². The van der Waals surface area contributed by atoms with Crippen LogP contribution in [-0.2, 0) is 10.0 Å². The van der Waals surface area contributed by atoms with Gasteiger partial charge in [-0.25, -0.2) is 4.98 Å². The van der Waals surface area contributed by atoms with Crippen LogP contribution in [0, 0.1) is 17.0 Å². The highest BCUT2D eigenvalue weighted by Crippen LogP contribution is 2.30. The van der Waals surface area contributed by atoms with Crippen molar-refractivity contribution in [2.45, 2.75) is 11.8 Å². The Hall–Kier alpha value is -1.94. The molecule has 112 valence electrons. The average molecular weight is 376 g/mol. The second-order valence-electron chi connectivity index (χ2n) is 3.99. The van der Waals surface area contributed by atoms with Crippen molar-refractivity contribution in [1.29, 1.82) is 0 Å². The normalized spacial score (nSPS) is 11.4. The Balaban J connectivity index is 2.68. The number of rotatable bonds is 4. The Bertz CT molecular complexity index is 815.